The average molecular weight is 292 g/mol. The molecule has 0 aliphatic heterocycles. The Morgan fingerprint density at radius 2 is 2.10 bits per heavy atom. The molecule has 3 N–H and O–H groups in total. The normalized spacial score (nSPS) is 21.7. The number of carboxylic acids is 1. The monoisotopic (exact) mass is 292 g/mol. The summed E-state index contributed by atoms with van der Waals surface area (Å²) in [6, 6.07) is 3.21. The highest BCUT2D eigenvalue weighted by Crippen LogP contribution is 2.31. The minimum absolute atomic E-state index is 0.182. The van der Waals surface area contributed by atoms with Crippen LogP contribution >= 0.6 is 0 Å². The Kier molecular flexibility index (Phi) is 5.17. The van der Waals surface area contributed by atoms with E-state index in [0.29, 0.717) is 17.7 Å². The molecule has 116 valence electrons. The van der Waals surface area contributed by atoms with Crippen LogP contribution < -0.4 is 5.32 Å². The van der Waals surface area contributed by atoms with Crippen molar-refractivity contribution in [3.63, 3.8) is 0 Å². The van der Waals surface area contributed by atoms with Gasteiger partial charge in [0.05, 0.1) is 5.56 Å². The summed E-state index contributed by atoms with van der Waals surface area (Å²) < 4.78 is 0. The van der Waals surface area contributed by atoms with Crippen molar-refractivity contribution in [2.75, 3.05) is 18.5 Å². The lowest BCUT2D eigenvalue weighted by atomic mass is 9.97. The zero-order valence-electron chi connectivity index (χ0n) is 12.7. The van der Waals surface area contributed by atoms with Gasteiger partial charge in [-0.2, -0.15) is 0 Å². The molecule has 5 nitrogen and oxygen atoms in total. The zero-order chi connectivity index (χ0) is 15.4. The van der Waals surface area contributed by atoms with E-state index >= 15 is 0 Å². The van der Waals surface area contributed by atoms with E-state index in [1.807, 2.05) is 13.8 Å². The second-order valence-corrected chi connectivity index (χ2v) is 6.14. The number of nitrogens with one attached hydrogen (secondary N) is 1. The highest BCUT2D eigenvalue weighted by molar-refractivity contribution is 5.88. The summed E-state index contributed by atoms with van der Waals surface area (Å²) in [5.74, 6) is 0.651. The summed E-state index contributed by atoms with van der Waals surface area (Å²) in [6.07, 6.45) is 3.33. The number of aliphatic hydroxyl groups excluding tert-OH is 1. The molecule has 2 atom stereocenters. The number of rotatable bonds is 6. The number of aliphatic hydroxyl groups is 1. The lowest BCUT2D eigenvalue weighted by Gasteiger charge is -2.19. The summed E-state index contributed by atoms with van der Waals surface area (Å²) in [5.41, 5.74) is 1.05. The molecule has 5 heteroatoms. The average Bonchev–Trinajstić information content (AvgIpc) is 2.92. The molecule has 0 aromatic carbocycles. The molecule has 0 amide bonds. The lowest BCUT2D eigenvalue weighted by Crippen LogP contribution is -2.21. The van der Waals surface area contributed by atoms with Crippen LogP contribution in [0.3, 0.4) is 0 Å². The van der Waals surface area contributed by atoms with E-state index in [1.165, 1.54) is 0 Å². The Bertz CT molecular complexity index is 502. The molecule has 1 aromatic rings. The van der Waals surface area contributed by atoms with Crippen molar-refractivity contribution in [2.24, 2.45) is 11.8 Å². The first-order valence-electron chi connectivity index (χ1n) is 7.61. The molecule has 0 spiro atoms. The number of nitrogens with zero attached hydrogens (tertiary/aromatic N) is 1. The number of aromatic nitrogens is 1. The molecule has 1 fully saturated rings. The maximum atomic E-state index is 11.2. The predicted molar refractivity (Wildman–Crippen MR) is 81.7 cm³/mol. The number of hydrogen-bond donors (Lipinski definition) is 3. The van der Waals surface area contributed by atoms with Gasteiger partial charge in [0.25, 0.3) is 0 Å². The SMILES string of the molecule is CC(C)c1cc(C(=O)O)cc(NCC2CCCC2CO)n1. The summed E-state index contributed by atoms with van der Waals surface area (Å²) in [7, 11) is 0. The van der Waals surface area contributed by atoms with Crippen molar-refractivity contribution in [1.29, 1.82) is 0 Å². The van der Waals surface area contributed by atoms with E-state index in [1.54, 1.807) is 12.1 Å². The molecule has 1 saturated carbocycles. The molecular weight excluding hydrogens is 268 g/mol. The first-order valence-corrected chi connectivity index (χ1v) is 7.61. The van der Waals surface area contributed by atoms with Crippen LogP contribution in [-0.2, 0) is 0 Å². The van der Waals surface area contributed by atoms with Crippen LogP contribution in [0.25, 0.3) is 0 Å². The predicted octanol–water partition coefficient (Wildman–Crippen LogP) is 2.72. The molecule has 0 radical (unpaired) electrons. The fourth-order valence-electron chi connectivity index (χ4n) is 2.92. The van der Waals surface area contributed by atoms with Crippen molar-refractivity contribution in [3.05, 3.63) is 23.4 Å². The van der Waals surface area contributed by atoms with Gasteiger partial charge in [0.15, 0.2) is 0 Å². The van der Waals surface area contributed by atoms with Crippen molar-refractivity contribution in [2.45, 2.75) is 39.0 Å². The van der Waals surface area contributed by atoms with Crippen molar-refractivity contribution in [1.82, 2.24) is 4.98 Å². The standard InChI is InChI=1S/C16H24N2O3/c1-10(2)14-6-13(16(20)21)7-15(18-14)17-8-11-4-3-5-12(11)9-19/h6-7,10-12,19H,3-5,8-9H2,1-2H3,(H,17,18)(H,20,21). The van der Waals surface area contributed by atoms with Crippen LogP contribution in [0.5, 0.6) is 0 Å². The van der Waals surface area contributed by atoms with Gasteiger partial charge in [0.1, 0.15) is 5.82 Å². The van der Waals surface area contributed by atoms with Gasteiger partial charge < -0.3 is 15.5 Å². The molecule has 2 rings (SSSR count). The lowest BCUT2D eigenvalue weighted by molar-refractivity contribution is 0.0696. The van der Waals surface area contributed by atoms with Gasteiger partial charge in [-0.3, -0.25) is 0 Å². The summed E-state index contributed by atoms with van der Waals surface area (Å²) in [5, 5.41) is 21.8. The Morgan fingerprint density at radius 3 is 2.71 bits per heavy atom. The van der Waals surface area contributed by atoms with Crippen LogP contribution in [0.4, 0.5) is 5.82 Å². The van der Waals surface area contributed by atoms with Crippen molar-refractivity contribution in [3.8, 4) is 0 Å². The third-order valence-corrected chi connectivity index (χ3v) is 4.28. The van der Waals surface area contributed by atoms with E-state index in [2.05, 4.69) is 10.3 Å². The minimum atomic E-state index is -0.934. The van der Waals surface area contributed by atoms with Gasteiger partial charge in [0.2, 0.25) is 0 Å². The molecule has 1 aliphatic carbocycles. The quantitative estimate of drug-likeness (QED) is 0.751. The van der Waals surface area contributed by atoms with Gasteiger partial charge in [0, 0.05) is 18.8 Å². The first kappa shape index (κ1) is 15.8. The molecule has 0 saturated heterocycles. The van der Waals surface area contributed by atoms with E-state index < -0.39 is 5.97 Å². The van der Waals surface area contributed by atoms with Crippen molar-refractivity contribution < 1.29 is 15.0 Å². The summed E-state index contributed by atoms with van der Waals surface area (Å²) in [4.78, 5) is 15.7. The van der Waals surface area contributed by atoms with E-state index in [4.69, 9.17) is 0 Å². The van der Waals surface area contributed by atoms with Gasteiger partial charge in [-0.25, -0.2) is 9.78 Å². The highest BCUT2D eigenvalue weighted by Gasteiger charge is 2.26. The number of hydrogen-bond acceptors (Lipinski definition) is 4. The fraction of sp³-hybridized carbons (Fsp3) is 0.625. The van der Waals surface area contributed by atoms with Crippen LogP contribution in [0.1, 0.15) is 55.1 Å². The van der Waals surface area contributed by atoms with Gasteiger partial charge >= 0.3 is 5.97 Å². The number of anilines is 1. The maximum Gasteiger partial charge on any atom is 0.335 e. The number of aromatic carboxylic acids is 1. The third kappa shape index (κ3) is 3.94. The minimum Gasteiger partial charge on any atom is -0.478 e. The van der Waals surface area contributed by atoms with Crippen LogP contribution in [0.2, 0.25) is 0 Å². The third-order valence-electron chi connectivity index (χ3n) is 4.28. The van der Waals surface area contributed by atoms with Gasteiger partial charge in [-0.05, 0) is 42.7 Å². The molecule has 1 aliphatic rings. The van der Waals surface area contributed by atoms with E-state index in [9.17, 15) is 15.0 Å². The first-order chi connectivity index (χ1) is 10.0. The van der Waals surface area contributed by atoms with Crippen LogP contribution in [0, 0.1) is 11.8 Å². The molecule has 21 heavy (non-hydrogen) atoms. The Morgan fingerprint density at radius 1 is 1.38 bits per heavy atom. The zero-order valence-corrected chi connectivity index (χ0v) is 12.7. The van der Waals surface area contributed by atoms with E-state index in [-0.39, 0.29) is 18.1 Å². The van der Waals surface area contributed by atoms with Crippen molar-refractivity contribution >= 4 is 11.8 Å². The molecule has 1 aromatic heterocycles. The molecule has 2 unspecified atom stereocenters. The summed E-state index contributed by atoms with van der Waals surface area (Å²) >= 11 is 0. The van der Waals surface area contributed by atoms with Crippen LogP contribution in [0.15, 0.2) is 12.1 Å². The van der Waals surface area contributed by atoms with Gasteiger partial charge in [-0.15, -0.1) is 0 Å². The second-order valence-electron chi connectivity index (χ2n) is 6.14. The Hall–Kier alpha value is -1.62. The largest absolute Gasteiger partial charge is 0.478 e. The van der Waals surface area contributed by atoms with E-state index in [0.717, 1.165) is 31.5 Å². The molecule has 0 bridgehead atoms. The topological polar surface area (TPSA) is 82.5 Å². The number of carbonyl (C=O) groups is 1. The summed E-state index contributed by atoms with van der Waals surface area (Å²) in [6.45, 7) is 4.96. The Labute approximate surface area is 125 Å². The molecule has 1 heterocycles. The number of carboxylic acid groups (broad SMARTS) is 1. The fourth-order valence-corrected chi connectivity index (χ4v) is 2.92. The Balaban J connectivity index is 2.10. The highest BCUT2D eigenvalue weighted by atomic mass is 16.4. The maximum absolute atomic E-state index is 11.2. The van der Waals surface area contributed by atoms with Crippen LogP contribution in [-0.4, -0.2) is 34.3 Å². The smallest absolute Gasteiger partial charge is 0.335 e. The molecular formula is C16H24N2O3. The number of pyridine rings is 1. The van der Waals surface area contributed by atoms with Gasteiger partial charge in [-0.1, -0.05) is 20.3 Å². The second kappa shape index (κ2) is 6.89.